The zero-order valence-corrected chi connectivity index (χ0v) is 19.6. The maximum Gasteiger partial charge on any atom is 0.0506 e. The Morgan fingerprint density at radius 3 is 1.85 bits per heavy atom. The molecular formula is C33H27N. The first-order valence-corrected chi connectivity index (χ1v) is 11.9. The minimum atomic E-state index is -0.236. The van der Waals surface area contributed by atoms with Crippen molar-refractivity contribution in [2.75, 3.05) is 4.90 Å². The van der Waals surface area contributed by atoms with Crippen LogP contribution in [0.2, 0.25) is 0 Å². The summed E-state index contributed by atoms with van der Waals surface area (Å²) in [5.74, 6) is 0. The lowest BCUT2D eigenvalue weighted by molar-refractivity contribution is 0.680. The van der Waals surface area contributed by atoms with Crippen LogP contribution in [0.5, 0.6) is 0 Å². The van der Waals surface area contributed by atoms with Gasteiger partial charge in [0.25, 0.3) is 0 Å². The van der Waals surface area contributed by atoms with Crippen LogP contribution in [-0.2, 0) is 5.41 Å². The molecule has 1 atom stereocenters. The van der Waals surface area contributed by atoms with E-state index in [9.17, 15) is 0 Å². The SMILES string of the molecule is Cc1ccc2c(c1)C(C)(c1ccccc1)c1ccccc1N2c1ccc(-c2ccccc2)cc1. The van der Waals surface area contributed by atoms with Crippen molar-refractivity contribution < 1.29 is 0 Å². The normalized spacial score (nSPS) is 16.6. The van der Waals surface area contributed by atoms with Crippen molar-refractivity contribution in [3.63, 3.8) is 0 Å². The second-order valence-corrected chi connectivity index (χ2v) is 9.28. The van der Waals surface area contributed by atoms with Crippen LogP contribution >= 0.6 is 0 Å². The summed E-state index contributed by atoms with van der Waals surface area (Å²) in [6.45, 7) is 4.56. The van der Waals surface area contributed by atoms with Crippen LogP contribution in [0.1, 0.15) is 29.2 Å². The van der Waals surface area contributed by atoms with Gasteiger partial charge in [-0.1, -0.05) is 109 Å². The third-order valence-corrected chi connectivity index (χ3v) is 7.20. The van der Waals surface area contributed by atoms with Crippen molar-refractivity contribution in [2.45, 2.75) is 19.3 Å². The van der Waals surface area contributed by atoms with Crippen LogP contribution in [-0.4, -0.2) is 0 Å². The van der Waals surface area contributed by atoms with E-state index in [0.717, 1.165) is 0 Å². The minimum Gasteiger partial charge on any atom is -0.310 e. The maximum absolute atomic E-state index is 2.42. The summed E-state index contributed by atoms with van der Waals surface area (Å²) in [6.07, 6.45) is 0. The molecule has 1 aliphatic rings. The molecule has 0 radical (unpaired) electrons. The van der Waals surface area contributed by atoms with Crippen molar-refractivity contribution in [3.8, 4) is 11.1 Å². The Bertz CT molecular complexity index is 1450. The highest BCUT2D eigenvalue weighted by Crippen LogP contribution is 2.54. The molecular weight excluding hydrogens is 410 g/mol. The fourth-order valence-corrected chi connectivity index (χ4v) is 5.41. The molecule has 5 aromatic rings. The van der Waals surface area contributed by atoms with Gasteiger partial charge in [0.1, 0.15) is 0 Å². The van der Waals surface area contributed by atoms with Crippen LogP contribution in [0.3, 0.4) is 0 Å². The topological polar surface area (TPSA) is 3.24 Å². The fourth-order valence-electron chi connectivity index (χ4n) is 5.41. The van der Waals surface area contributed by atoms with Crippen molar-refractivity contribution >= 4 is 17.1 Å². The average molecular weight is 438 g/mol. The van der Waals surface area contributed by atoms with Gasteiger partial charge in [-0.15, -0.1) is 0 Å². The number of anilines is 3. The van der Waals surface area contributed by atoms with Crippen LogP contribution in [0.4, 0.5) is 17.1 Å². The van der Waals surface area contributed by atoms with Crippen LogP contribution in [0.15, 0.2) is 127 Å². The first-order chi connectivity index (χ1) is 16.7. The number of hydrogen-bond donors (Lipinski definition) is 0. The maximum atomic E-state index is 2.42. The van der Waals surface area contributed by atoms with E-state index in [-0.39, 0.29) is 5.41 Å². The molecule has 1 unspecified atom stereocenters. The summed E-state index contributed by atoms with van der Waals surface area (Å²) in [5, 5.41) is 0. The predicted molar refractivity (Wildman–Crippen MR) is 143 cm³/mol. The molecule has 0 aromatic heterocycles. The molecule has 0 bridgehead atoms. The number of fused-ring (bicyclic) bond motifs is 2. The molecule has 0 amide bonds. The van der Waals surface area contributed by atoms with E-state index >= 15 is 0 Å². The monoisotopic (exact) mass is 437 g/mol. The van der Waals surface area contributed by atoms with E-state index in [0.29, 0.717) is 0 Å². The van der Waals surface area contributed by atoms with E-state index in [1.807, 2.05) is 0 Å². The minimum absolute atomic E-state index is 0.236. The Morgan fingerprint density at radius 2 is 1.12 bits per heavy atom. The summed E-state index contributed by atoms with van der Waals surface area (Å²) >= 11 is 0. The highest BCUT2D eigenvalue weighted by molar-refractivity contribution is 5.88. The smallest absolute Gasteiger partial charge is 0.0506 e. The molecule has 1 nitrogen and oxygen atoms in total. The van der Waals surface area contributed by atoms with Gasteiger partial charge >= 0.3 is 0 Å². The second-order valence-electron chi connectivity index (χ2n) is 9.28. The number of hydrogen-bond acceptors (Lipinski definition) is 1. The zero-order chi connectivity index (χ0) is 23.1. The molecule has 34 heavy (non-hydrogen) atoms. The molecule has 0 fully saturated rings. The summed E-state index contributed by atoms with van der Waals surface area (Å²) in [5.41, 5.74) is 11.1. The summed E-state index contributed by atoms with van der Waals surface area (Å²) in [4.78, 5) is 2.42. The van der Waals surface area contributed by atoms with Gasteiger partial charge in [-0.3, -0.25) is 0 Å². The highest BCUT2D eigenvalue weighted by Gasteiger charge is 2.41. The molecule has 0 saturated heterocycles. The third-order valence-electron chi connectivity index (χ3n) is 7.20. The predicted octanol–water partition coefficient (Wildman–Crippen LogP) is 8.80. The number of aryl methyl sites for hydroxylation is 1. The first-order valence-electron chi connectivity index (χ1n) is 11.9. The highest BCUT2D eigenvalue weighted by atomic mass is 15.2. The largest absolute Gasteiger partial charge is 0.310 e. The fraction of sp³-hybridized carbons (Fsp3) is 0.0909. The number of rotatable bonds is 3. The first kappa shape index (κ1) is 20.5. The van der Waals surface area contributed by atoms with E-state index in [1.165, 1.54) is 50.4 Å². The number of nitrogens with zero attached hydrogens (tertiary/aromatic N) is 1. The molecule has 164 valence electrons. The lowest BCUT2D eigenvalue weighted by Gasteiger charge is -2.44. The number of benzene rings is 5. The molecule has 0 aliphatic carbocycles. The second kappa shape index (κ2) is 8.04. The molecule has 0 saturated carbocycles. The average Bonchev–Trinajstić information content (AvgIpc) is 2.90. The van der Waals surface area contributed by atoms with Gasteiger partial charge < -0.3 is 4.90 Å². The van der Waals surface area contributed by atoms with E-state index in [1.54, 1.807) is 0 Å². The lowest BCUT2D eigenvalue weighted by atomic mass is 9.67. The molecule has 0 N–H and O–H groups in total. The van der Waals surface area contributed by atoms with Gasteiger partial charge in [-0.2, -0.15) is 0 Å². The Hall–Kier alpha value is -4.10. The molecule has 0 spiro atoms. The van der Waals surface area contributed by atoms with Crippen LogP contribution < -0.4 is 4.90 Å². The van der Waals surface area contributed by atoms with Gasteiger partial charge in [0.2, 0.25) is 0 Å². The van der Waals surface area contributed by atoms with Crippen LogP contribution in [0, 0.1) is 6.92 Å². The zero-order valence-electron chi connectivity index (χ0n) is 19.6. The summed E-state index contributed by atoms with van der Waals surface area (Å²) in [6, 6.07) is 46.1. The molecule has 1 heterocycles. The van der Waals surface area contributed by atoms with Crippen molar-refractivity contribution in [1.82, 2.24) is 0 Å². The van der Waals surface area contributed by atoms with Crippen molar-refractivity contribution in [2.24, 2.45) is 0 Å². The molecule has 1 aliphatic heterocycles. The Kier molecular flexibility index (Phi) is 4.85. The molecule has 1 heteroatoms. The third kappa shape index (κ3) is 3.16. The van der Waals surface area contributed by atoms with Crippen molar-refractivity contribution in [1.29, 1.82) is 0 Å². The number of para-hydroxylation sites is 1. The van der Waals surface area contributed by atoms with E-state index in [4.69, 9.17) is 0 Å². The lowest BCUT2D eigenvalue weighted by Crippen LogP contribution is -2.34. The quantitative estimate of drug-likeness (QED) is 0.272. The Balaban J connectivity index is 1.57. The van der Waals surface area contributed by atoms with Gasteiger partial charge in [0.05, 0.1) is 11.4 Å². The van der Waals surface area contributed by atoms with Crippen LogP contribution in [0.25, 0.3) is 11.1 Å². The van der Waals surface area contributed by atoms with Gasteiger partial charge in [0, 0.05) is 11.1 Å². The van der Waals surface area contributed by atoms with E-state index in [2.05, 4.69) is 146 Å². The Labute approximate surface area is 202 Å². The van der Waals surface area contributed by atoms with Crippen molar-refractivity contribution in [3.05, 3.63) is 150 Å². The van der Waals surface area contributed by atoms with E-state index < -0.39 is 0 Å². The van der Waals surface area contributed by atoms with Gasteiger partial charge in [-0.05, 0) is 65.9 Å². The molecule has 5 aromatic carbocycles. The Morgan fingerprint density at radius 1 is 0.529 bits per heavy atom. The standard InChI is InChI=1S/C33H27N/c1-24-17-22-32-30(23-24)33(2,27-13-7-4-8-14-27)29-15-9-10-16-31(29)34(32)28-20-18-26(19-21-28)25-11-5-3-6-12-25/h3-23H,1-2H3. The summed E-state index contributed by atoms with van der Waals surface area (Å²) in [7, 11) is 0. The van der Waals surface area contributed by atoms with Gasteiger partial charge in [0.15, 0.2) is 0 Å². The molecule has 6 rings (SSSR count). The summed E-state index contributed by atoms with van der Waals surface area (Å²) < 4.78 is 0. The van der Waals surface area contributed by atoms with Gasteiger partial charge in [-0.25, -0.2) is 0 Å².